The number of ether oxygens (including phenoxy) is 1. The van der Waals surface area contributed by atoms with E-state index in [0.717, 1.165) is 0 Å². The summed E-state index contributed by atoms with van der Waals surface area (Å²) in [5.41, 5.74) is 0.111. The van der Waals surface area contributed by atoms with Crippen molar-refractivity contribution in [2.45, 2.75) is 12.5 Å². The Balaban J connectivity index is 2.64. The van der Waals surface area contributed by atoms with Crippen molar-refractivity contribution in [1.29, 1.82) is 0 Å². The molecule has 3 N–H and O–H groups in total. The van der Waals surface area contributed by atoms with Gasteiger partial charge in [0.15, 0.2) is 0 Å². The Hall–Kier alpha value is -1.60. The normalized spacial score (nSPS) is 11.9. The fourth-order valence-electron chi connectivity index (χ4n) is 1.43. The number of phenolic OH excluding ortho intramolecular Hbond substituents is 1. The van der Waals surface area contributed by atoms with Crippen molar-refractivity contribution in [2.75, 3.05) is 13.7 Å². The lowest BCUT2D eigenvalue weighted by Crippen LogP contribution is -2.34. The van der Waals surface area contributed by atoms with E-state index >= 15 is 0 Å². The Kier molecular flexibility index (Phi) is 5.78. The van der Waals surface area contributed by atoms with Crippen LogP contribution in [-0.4, -0.2) is 41.8 Å². The van der Waals surface area contributed by atoms with Gasteiger partial charge in [-0.25, -0.2) is 0 Å². The number of hydrogen-bond acceptors (Lipinski definition) is 4. The van der Waals surface area contributed by atoms with Gasteiger partial charge in [0.1, 0.15) is 5.75 Å². The molecule has 19 heavy (non-hydrogen) atoms. The van der Waals surface area contributed by atoms with Crippen molar-refractivity contribution < 1.29 is 24.5 Å². The molecule has 0 aliphatic heterocycles. The van der Waals surface area contributed by atoms with Gasteiger partial charge in [0.05, 0.1) is 18.1 Å². The van der Waals surface area contributed by atoms with E-state index in [2.05, 4.69) is 21.2 Å². The zero-order chi connectivity index (χ0) is 14.4. The van der Waals surface area contributed by atoms with Crippen LogP contribution in [0.3, 0.4) is 0 Å². The number of benzene rings is 1. The molecule has 1 amide bonds. The van der Waals surface area contributed by atoms with E-state index in [9.17, 15) is 14.7 Å². The molecular weight excluding hydrogens is 318 g/mol. The molecule has 0 heterocycles. The average molecular weight is 332 g/mol. The number of carbonyl (C=O) groups excluding carboxylic acids is 1. The highest BCUT2D eigenvalue weighted by atomic mass is 79.9. The first-order valence-electron chi connectivity index (χ1n) is 5.45. The standard InChI is InChI=1S/C12H14BrNO5/c1-19-8(5-11(16)17)6-14-12(18)9-4-7(13)2-3-10(9)15/h2-4,8,15H,5-6H2,1H3,(H,14,18)(H,16,17). The summed E-state index contributed by atoms with van der Waals surface area (Å²) in [4.78, 5) is 22.4. The van der Waals surface area contributed by atoms with Crippen LogP contribution in [0.4, 0.5) is 0 Å². The molecular formula is C12H14BrNO5. The number of hydrogen-bond donors (Lipinski definition) is 3. The highest BCUT2D eigenvalue weighted by Gasteiger charge is 2.16. The summed E-state index contributed by atoms with van der Waals surface area (Å²) in [6.07, 6.45) is -0.822. The molecule has 1 unspecified atom stereocenters. The van der Waals surface area contributed by atoms with E-state index < -0.39 is 18.0 Å². The lowest BCUT2D eigenvalue weighted by Gasteiger charge is -2.14. The van der Waals surface area contributed by atoms with Crippen LogP contribution in [0, 0.1) is 0 Å². The molecule has 0 spiro atoms. The number of halogens is 1. The number of aromatic hydroxyl groups is 1. The van der Waals surface area contributed by atoms with E-state index in [4.69, 9.17) is 9.84 Å². The zero-order valence-electron chi connectivity index (χ0n) is 10.2. The topological polar surface area (TPSA) is 95.9 Å². The van der Waals surface area contributed by atoms with Gasteiger partial charge in [-0.2, -0.15) is 0 Å². The predicted octanol–water partition coefficient (Wildman–Crippen LogP) is 1.37. The minimum Gasteiger partial charge on any atom is -0.507 e. The van der Waals surface area contributed by atoms with Gasteiger partial charge in [0, 0.05) is 18.1 Å². The first-order valence-corrected chi connectivity index (χ1v) is 6.24. The number of aliphatic carboxylic acids is 1. The molecule has 1 aromatic carbocycles. The fourth-order valence-corrected chi connectivity index (χ4v) is 1.79. The zero-order valence-corrected chi connectivity index (χ0v) is 11.8. The molecule has 1 atom stereocenters. The minimum atomic E-state index is -1.01. The van der Waals surface area contributed by atoms with Gasteiger partial charge >= 0.3 is 5.97 Å². The molecule has 0 radical (unpaired) electrons. The highest BCUT2D eigenvalue weighted by molar-refractivity contribution is 9.10. The number of phenols is 1. The number of amides is 1. The first kappa shape index (κ1) is 15.5. The number of methoxy groups -OCH3 is 1. The van der Waals surface area contributed by atoms with Crippen LogP contribution in [0.25, 0.3) is 0 Å². The van der Waals surface area contributed by atoms with Crippen molar-refractivity contribution in [3.05, 3.63) is 28.2 Å². The van der Waals surface area contributed by atoms with Gasteiger partial charge in [0.2, 0.25) is 0 Å². The van der Waals surface area contributed by atoms with E-state index in [1.165, 1.54) is 19.2 Å². The van der Waals surface area contributed by atoms with Crippen LogP contribution < -0.4 is 5.32 Å². The Bertz CT molecular complexity index is 477. The third-order valence-electron chi connectivity index (χ3n) is 2.43. The maximum absolute atomic E-state index is 11.8. The van der Waals surface area contributed by atoms with Crippen LogP contribution >= 0.6 is 15.9 Å². The number of carboxylic acids is 1. The van der Waals surface area contributed by atoms with Gasteiger partial charge in [-0.05, 0) is 18.2 Å². The minimum absolute atomic E-state index is 0.0492. The molecule has 1 aromatic rings. The molecule has 0 bridgehead atoms. The maximum Gasteiger partial charge on any atom is 0.306 e. The van der Waals surface area contributed by atoms with E-state index in [-0.39, 0.29) is 24.3 Å². The smallest absolute Gasteiger partial charge is 0.306 e. The third kappa shape index (κ3) is 4.88. The summed E-state index contributed by atoms with van der Waals surface area (Å²) >= 11 is 3.20. The molecule has 7 heteroatoms. The summed E-state index contributed by atoms with van der Waals surface area (Å²) < 4.78 is 5.59. The second-order valence-corrected chi connectivity index (χ2v) is 4.74. The Morgan fingerprint density at radius 3 is 2.74 bits per heavy atom. The molecule has 0 aliphatic carbocycles. The molecule has 0 aliphatic rings. The van der Waals surface area contributed by atoms with E-state index in [0.29, 0.717) is 4.47 Å². The molecule has 1 rings (SSSR count). The van der Waals surface area contributed by atoms with Crippen LogP contribution in [0.15, 0.2) is 22.7 Å². The van der Waals surface area contributed by atoms with Crippen LogP contribution in [0.1, 0.15) is 16.8 Å². The first-order chi connectivity index (χ1) is 8.93. The fraction of sp³-hybridized carbons (Fsp3) is 0.333. The van der Waals surface area contributed by atoms with Crippen molar-refractivity contribution >= 4 is 27.8 Å². The summed E-state index contributed by atoms with van der Waals surface area (Å²) in [5, 5.41) is 20.7. The van der Waals surface area contributed by atoms with Gasteiger partial charge in [0.25, 0.3) is 5.91 Å². The SMILES string of the molecule is COC(CNC(=O)c1cc(Br)ccc1O)CC(=O)O. The molecule has 0 aromatic heterocycles. The molecule has 0 fully saturated rings. The number of carboxylic acid groups (broad SMARTS) is 1. The number of nitrogens with one attached hydrogen (secondary N) is 1. The summed E-state index contributed by atoms with van der Waals surface area (Å²) in [7, 11) is 1.37. The maximum atomic E-state index is 11.8. The third-order valence-corrected chi connectivity index (χ3v) is 2.92. The van der Waals surface area contributed by atoms with Crippen molar-refractivity contribution in [3.63, 3.8) is 0 Å². The van der Waals surface area contributed by atoms with Crippen LogP contribution in [-0.2, 0) is 9.53 Å². The average Bonchev–Trinajstić information content (AvgIpc) is 2.36. The number of carbonyl (C=O) groups is 2. The van der Waals surface area contributed by atoms with Crippen molar-refractivity contribution in [3.8, 4) is 5.75 Å². The summed E-state index contributed by atoms with van der Waals surface area (Å²) in [5.74, 6) is -1.65. The molecule has 0 saturated heterocycles. The quantitative estimate of drug-likeness (QED) is 0.731. The Morgan fingerprint density at radius 1 is 1.47 bits per heavy atom. The molecule has 0 saturated carbocycles. The predicted molar refractivity (Wildman–Crippen MR) is 71.2 cm³/mol. The summed E-state index contributed by atoms with van der Waals surface area (Å²) in [6, 6.07) is 4.47. The van der Waals surface area contributed by atoms with Crippen molar-refractivity contribution in [2.24, 2.45) is 0 Å². The second kappa shape index (κ2) is 7.10. The summed E-state index contributed by atoms with van der Waals surface area (Å²) in [6.45, 7) is 0.0492. The largest absolute Gasteiger partial charge is 0.507 e. The Morgan fingerprint density at radius 2 is 2.16 bits per heavy atom. The van der Waals surface area contributed by atoms with Gasteiger partial charge in [-0.3, -0.25) is 9.59 Å². The van der Waals surface area contributed by atoms with Crippen molar-refractivity contribution in [1.82, 2.24) is 5.32 Å². The van der Waals surface area contributed by atoms with Gasteiger partial charge in [-0.15, -0.1) is 0 Å². The van der Waals surface area contributed by atoms with E-state index in [1.807, 2.05) is 0 Å². The number of rotatable bonds is 6. The van der Waals surface area contributed by atoms with E-state index in [1.54, 1.807) is 6.07 Å². The van der Waals surface area contributed by atoms with Gasteiger partial charge < -0.3 is 20.3 Å². The lowest BCUT2D eigenvalue weighted by atomic mass is 10.2. The second-order valence-electron chi connectivity index (χ2n) is 3.83. The monoisotopic (exact) mass is 331 g/mol. The highest BCUT2D eigenvalue weighted by Crippen LogP contribution is 2.21. The van der Waals surface area contributed by atoms with Gasteiger partial charge in [-0.1, -0.05) is 15.9 Å². The van der Waals surface area contributed by atoms with Crippen LogP contribution in [0.2, 0.25) is 0 Å². The van der Waals surface area contributed by atoms with Crippen LogP contribution in [0.5, 0.6) is 5.75 Å². The Labute approximate surface area is 118 Å². The molecule has 6 nitrogen and oxygen atoms in total. The molecule has 104 valence electrons. The lowest BCUT2D eigenvalue weighted by molar-refractivity contribution is -0.139.